The molecule has 0 amide bonds. The van der Waals surface area contributed by atoms with E-state index in [-0.39, 0.29) is 12.5 Å². The van der Waals surface area contributed by atoms with E-state index in [1.807, 2.05) is 12.1 Å². The van der Waals surface area contributed by atoms with Crippen molar-refractivity contribution in [2.45, 2.75) is 12.8 Å². The number of aryl methyl sites for hydroxylation is 1. The smallest absolute Gasteiger partial charge is 0.337 e. The maximum Gasteiger partial charge on any atom is 0.337 e. The van der Waals surface area contributed by atoms with E-state index < -0.39 is 0 Å². The van der Waals surface area contributed by atoms with Crippen LogP contribution in [0.4, 0.5) is 0 Å². The molecule has 0 aliphatic carbocycles. The van der Waals surface area contributed by atoms with Gasteiger partial charge in [0.15, 0.2) is 0 Å². The molecule has 0 unspecified atom stereocenters. The number of esters is 1. The van der Waals surface area contributed by atoms with Crippen LogP contribution in [0, 0.1) is 0 Å². The minimum Gasteiger partial charge on any atom is -0.465 e. The van der Waals surface area contributed by atoms with E-state index in [1.165, 1.54) is 7.11 Å². The molecule has 0 atom stereocenters. The molecule has 0 aliphatic rings. The van der Waals surface area contributed by atoms with Crippen molar-refractivity contribution in [1.82, 2.24) is 0 Å². The van der Waals surface area contributed by atoms with Crippen molar-refractivity contribution in [3.05, 3.63) is 35.4 Å². The van der Waals surface area contributed by atoms with Gasteiger partial charge < -0.3 is 15.7 Å². The Bertz CT molecular complexity index is 399. The Morgan fingerprint density at radius 1 is 1.41 bits per heavy atom. The van der Waals surface area contributed by atoms with Crippen molar-refractivity contribution >= 4 is 11.7 Å². The van der Waals surface area contributed by atoms with Crippen LogP contribution in [0.2, 0.25) is 0 Å². The summed E-state index contributed by atoms with van der Waals surface area (Å²) in [6, 6.07) is 7.11. The van der Waals surface area contributed by atoms with E-state index in [2.05, 4.69) is 9.89 Å². The number of hydrogen-bond acceptors (Lipinski definition) is 5. The number of nitrogens with two attached hydrogens (primary N) is 1. The number of hydrogen-bond donors (Lipinski definition) is 2. The van der Waals surface area contributed by atoms with Gasteiger partial charge >= 0.3 is 5.97 Å². The fourth-order valence-electron chi connectivity index (χ4n) is 1.41. The molecule has 0 aliphatic heterocycles. The van der Waals surface area contributed by atoms with Gasteiger partial charge in [0, 0.05) is 6.54 Å². The molecule has 92 valence electrons. The summed E-state index contributed by atoms with van der Waals surface area (Å²) in [5.74, 6) is -0.351. The molecule has 1 aromatic rings. The van der Waals surface area contributed by atoms with Gasteiger partial charge in [-0.25, -0.2) is 4.79 Å². The summed E-state index contributed by atoms with van der Waals surface area (Å²) in [5.41, 5.74) is 7.50. The number of benzene rings is 1. The van der Waals surface area contributed by atoms with E-state index in [1.54, 1.807) is 12.1 Å². The predicted octanol–water partition coefficient (Wildman–Crippen LogP) is 1.19. The molecule has 3 N–H and O–H groups in total. The zero-order chi connectivity index (χ0) is 12.7. The number of carbonyl (C=O) groups excluding carboxylic acids is 1. The van der Waals surface area contributed by atoms with E-state index in [9.17, 15) is 4.79 Å². The summed E-state index contributed by atoms with van der Waals surface area (Å²) in [5, 5.41) is 11.7. The quantitative estimate of drug-likeness (QED) is 0.348. The van der Waals surface area contributed by atoms with Crippen LogP contribution in [-0.4, -0.2) is 30.5 Å². The van der Waals surface area contributed by atoms with Gasteiger partial charge in [-0.3, -0.25) is 0 Å². The zero-order valence-electron chi connectivity index (χ0n) is 9.72. The third-order valence-corrected chi connectivity index (χ3v) is 2.45. The van der Waals surface area contributed by atoms with E-state index in [4.69, 9.17) is 10.9 Å². The van der Waals surface area contributed by atoms with Crippen molar-refractivity contribution in [2.24, 2.45) is 10.9 Å². The Morgan fingerprint density at radius 3 is 2.53 bits per heavy atom. The zero-order valence-corrected chi connectivity index (χ0v) is 9.72. The van der Waals surface area contributed by atoms with Crippen LogP contribution in [0.15, 0.2) is 29.4 Å². The number of oxime groups is 1. The summed E-state index contributed by atoms with van der Waals surface area (Å²) in [4.78, 5) is 11.2. The minimum atomic E-state index is -0.351. The lowest BCUT2D eigenvalue weighted by molar-refractivity contribution is 0.0600. The van der Waals surface area contributed by atoms with Gasteiger partial charge in [-0.15, -0.1) is 0 Å². The van der Waals surface area contributed by atoms with Crippen molar-refractivity contribution in [3.8, 4) is 0 Å². The first-order valence-electron chi connectivity index (χ1n) is 5.28. The molecule has 0 saturated carbocycles. The molecule has 0 aromatic heterocycles. The van der Waals surface area contributed by atoms with Crippen molar-refractivity contribution in [1.29, 1.82) is 0 Å². The molecule has 0 fully saturated rings. The third-order valence-electron chi connectivity index (χ3n) is 2.45. The highest BCUT2D eigenvalue weighted by Gasteiger charge is 2.05. The number of nitrogens with zero attached hydrogens (tertiary/aromatic N) is 1. The van der Waals surface area contributed by atoms with Crippen LogP contribution in [0.25, 0.3) is 0 Å². The van der Waals surface area contributed by atoms with Crippen LogP contribution in [0.1, 0.15) is 22.3 Å². The highest BCUT2D eigenvalue weighted by molar-refractivity contribution is 5.89. The second kappa shape index (κ2) is 6.65. The summed E-state index contributed by atoms with van der Waals surface area (Å²) in [6.07, 6.45) is 1.32. The molecule has 0 spiro atoms. The normalized spacial score (nSPS) is 11.3. The molecule has 5 heteroatoms. The van der Waals surface area contributed by atoms with Gasteiger partial charge in [0.05, 0.1) is 18.4 Å². The summed E-state index contributed by atoms with van der Waals surface area (Å²) in [6.45, 7) is 0.247. The molecule has 0 heterocycles. The number of methoxy groups -OCH3 is 1. The fraction of sp³-hybridized carbons (Fsp3) is 0.333. The fourth-order valence-corrected chi connectivity index (χ4v) is 1.41. The molecule has 0 radical (unpaired) electrons. The Hall–Kier alpha value is -1.88. The predicted molar refractivity (Wildman–Crippen MR) is 64.4 cm³/mol. The second-order valence-corrected chi connectivity index (χ2v) is 3.56. The molecule has 1 aromatic carbocycles. The molecule has 0 saturated heterocycles. The number of ether oxygens (including phenoxy) is 1. The summed E-state index contributed by atoms with van der Waals surface area (Å²) >= 11 is 0. The summed E-state index contributed by atoms with van der Waals surface area (Å²) in [7, 11) is 1.35. The number of carbonyl (C=O) groups is 1. The van der Waals surface area contributed by atoms with Gasteiger partial charge in [-0.05, 0) is 30.5 Å². The molecule has 1 rings (SSSR count). The lowest BCUT2D eigenvalue weighted by atomic mass is 10.1. The first kappa shape index (κ1) is 13.2. The Kier molecular flexibility index (Phi) is 5.16. The molecular weight excluding hydrogens is 220 g/mol. The van der Waals surface area contributed by atoms with Crippen LogP contribution in [-0.2, 0) is 11.2 Å². The second-order valence-electron chi connectivity index (χ2n) is 3.56. The average Bonchev–Trinajstić information content (AvgIpc) is 2.39. The van der Waals surface area contributed by atoms with Gasteiger partial charge in [0.1, 0.15) is 0 Å². The molecular formula is C12H16N2O3. The SMILES string of the molecule is COC(=O)c1ccc(CC/C(CN)=N/O)cc1. The Labute approximate surface area is 99.9 Å². The molecule has 17 heavy (non-hydrogen) atoms. The van der Waals surface area contributed by atoms with Crippen molar-refractivity contribution in [3.63, 3.8) is 0 Å². The Morgan fingerprint density at radius 2 is 2.06 bits per heavy atom. The standard InChI is InChI=1S/C12H16N2O3/c1-17-12(15)10-5-2-9(3-6-10)4-7-11(8-13)14-16/h2-3,5-6,16H,4,7-8,13H2,1H3/b14-11-. The average molecular weight is 236 g/mol. The minimum absolute atomic E-state index is 0.247. The monoisotopic (exact) mass is 236 g/mol. The number of rotatable bonds is 5. The van der Waals surface area contributed by atoms with Crippen molar-refractivity contribution in [2.75, 3.05) is 13.7 Å². The van der Waals surface area contributed by atoms with Gasteiger partial charge in [-0.2, -0.15) is 0 Å². The first-order valence-corrected chi connectivity index (χ1v) is 5.28. The van der Waals surface area contributed by atoms with Gasteiger partial charge in [0.25, 0.3) is 0 Å². The van der Waals surface area contributed by atoms with Gasteiger partial charge in [0.2, 0.25) is 0 Å². The van der Waals surface area contributed by atoms with Crippen LogP contribution < -0.4 is 5.73 Å². The van der Waals surface area contributed by atoms with Crippen LogP contribution in [0.3, 0.4) is 0 Å². The molecule has 5 nitrogen and oxygen atoms in total. The van der Waals surface area contributed by atoms with Crippen LogP contribution in [0.5, 0.6) is 0 Å². The summed E-state index contributed by atoms with van der Waals surface area (Å²) < 4.78 is 4.60. The van der Waals surface area contributed by atoms with Gasteiger partial charge in [-0.1, -0.05) is 17.3 Å². The van der Waals surface area contributed by atoms with E-state index in [0.29, 0.717) is 17.7 Å². The first-order chi connectivity index (χ1) is 8.21. The Balaban J connectivity index is 2.60. The highest BCUT2D eigenvalue weighted by atomic mass is 16.5. The largest absolute Gasteiger partial charge is 0.465 e. The van der Waals surface area contributed by atoms with Crippen LogP contribution >= 0.6 is 0 Å². The maximum absolute atomic E-state index is 11.2. The third kappa shape index (κ3) is 3.88. The lowest BCUT2D eigenvalue weighted by Gasteiger charge is -2.03. The maximum atomic E-state index is 11.2. The molecule has 0 bridgehead atoms. The van der Waals surface area contributed by atoms with E-state index in [0.717, 1.165) is 12.0 Å². The van der Waals surface area contributed by atoms with Crippen molar-refractivity contribution < 1.29 is 14.7 Å². The topological polar surface area (TPSA) is 84.9 Å². The highest BCUT2D eigenvalue weighted by Crippen LogP contribution is 2.08. The van der Waals surface area contributed by atoms with E-state index >= 15 is 0 Å². The lowest BCUT2D eigenvalue weighted by Crippen LogP contribution is -2.14.